The summed E-state index contributed by atoms with van der Waals surface area (Å²) >= 11 is 0. The molecule has 0 fully saturated rings. The number of amides is 1. The number of fused-ring (bicyclic) bond motifs is 1. The van der Waals surface area contributed by atoms with Crippen LogP contribution in [0.2, 0.25) is 0 Å². The molecule has 1 aromatic rings. The standard InChI is InChI=1S/C18H31N5O/c1-6-14(4)12-22-8-7-17-20-21-18(23(17)10-9-22)16(11-13(2)3)19-15(5)24/h6,13,16H,7-12H2,1-5H3,(H,19,24). The fourth-order valence-electron chi connectivity index (χ4n) is 3.19. The maximum Gasteiger partial charge on any atom is 0.217 e. The van der Waals surface area contributed by atoms with Gasteiger partial charge in [0.25, 0.3) is 0 Å². The van der Waals surface area contributed by atoms with Crippen molar-refractivity contribution in [3.63, 3.8) is 0 Å². The molecule has 0 aromatic carbocycles. The van der Waals surface area contributed by atoms with Crippen molar-refractivity contribution in [2.75, 3.05) is 19.6 Å². The fourth-order valence-corrected chi connectivity index (χ4v) is 3.19. The zero-order valence-electron chi connectivity index (χ0n) is 15.7. The molecule has 0 radical (unpaired) electrons. The number of nitrogens with zero attached hydrogens (tertiary/aromatic N) is 4. The summed E-state index contributed by atoms with van der Waals surface area (Å²) in [5, 5.41) is 11.9. The minimum absolute atomic E-state index is 0.0167. The van der Waals surface area contributed by atoms with Gasteiger partial charge in [-0.15, -0.1) is 10.2 Å². The van der Waals surface area contributed by atoms with Crippen LogP contribution in [-0.2, 0) is 17.8 Å². The Bertz CT molecular complexity index is 590. The molecule has 6 nitrogen and oxygen atoms in total. The van der Waals surface area contributed by atoms with E-state index in [1.165, 1.54) is 5.57 Å². The van der Waals surface area contributed by atoms with Gasteiger partial charge in [0.15, 0.2) is 5.82 Å². The molecule has 1 N–H and O–H groups in total. The first kappa shape index (κ1) is 18.6. The van der Waals surface area contributed by atoms with Gasteiger partial charge in [0.05, 0.1) is 6.04 Å². The molecule has 0 bridgehead atoms. The molecule has 1 amide bonds. The second kappa shape index (κ2) is 8.42. The Morgan fingerprint density at radius 2 is 2.00 bits per heavy atom. The van der Waals surface area contributed by atoms with Crippen LogP contribution >= 0.6 is 0 Å². The third-order valence-electron chi connectivity index (χ3n) is 4.51. The molecule has 0 aliphatic carbocycles. The van der Waals surface area contributed by atoms with Crippen LogP contribution in [0, 0.1) is 5.92 Å². The van der Waals surface area contributed by atoms with Crippen molar-refractivity contribution in [1.82, 2.24) is 25.0 Å². The highest BCUT2D eigenvalue weighted by molar-refractivity contribution is 5.73. The predicted molar refractivity (Wildman–Crippen MR) is 95.6 cm³/mol. The van der Waals surface area contributed by atoms with Crippen molar-refractivity contribution in [2.45, 2.75) is 60.0 Å². The fraction of sp³-hybridized carbons (Fsp3) is 0.722. The van der Waals surface area contributed by atoms with Gasteiger partial charge in [0, 0.05) is 39.5 Å². The molecule has 1 aliphatic rings. The number of allylic oxidation sites excluding steroid dienone is 1. The van der Waals surface area contributed by atoms with Gasteiger partial charge in [-0.3, -0.25) is 9.69 Å². The van der Waals surface area contributed by atoms with E-state index in [-0.39, 0.29) is 11.9 Å². The van der Waals surface area contributed by atoms with Crippen LogP contribution in [0.1, 0.15) is 58.7 Å². The molecule has 0 spiro atoms. The van der Waals surface area contributed by atoms with E-state index in [0.717, 1.165) is 50.7 Å². The normalized spacial score (nSPS) is 17.5. The Morgan fingerprint density at radius 3 is 2.62 bits per heavy atom. The van der Waals surface area contributed by atoms with E-state index in [4.69, 9.17) is 0 Å². The molecule has 6 heteroatoms. The maximum absolute atomic E-state index is 11.6. The highest BCUT2D eigenvalue weighted by atomic mass is 16.1. The van der Waals surface area contributed by atoms with Crippen molar-refractivity contribution in [3.05, 3.63) is 23.3 Å². The molecular weight excluding hydrogens is 302 g/mol. The zero-order chi connectivity index (χ0) is 17.7. The third-order valence-corrected chi connectivity index (χ3v) is 4.51. The number of carbonyl (C=O) groups is 1. The molecule has 134 valence electrons. The summed E-state index contributed by atoms with van der Waals surface area (Å²) in [6.45, 7) is 14.0. The van der Waals surface area contributed by atoms with Gasteiger partial charge in [-0.25, -0.2) is 0 Å². The van der Waals surface area contributed by atoms with E-state index < -0.39 is 0 Å². The Kier molecular flexibility index (Phi) is 6.54. The summed E-state index contributed by atoms with van der Waals surface area (Å²) in [5.41, 5.74) is 1.39. The minimum Gasteiger partial charge on any atom is -0.346 e. The first-order valence-corrected chi connectivity index (χ1v) is 8.94. The Balaban J connectivity index is 2.16. The van der Waals surface area contributed by atoms with Gasteiger partial charge in [0.1, 0.15) is 5.82 Å². The lowest BCUT2D eigenvalue weighted by molar-refractivity contribution is -0.119. The van der Waals surface area contributed by atoms with Gasteiger partial charge in [0.2, 0.25) is 5.91 Å². The molecule has 0 saturated carbocycles. The third kappa shape index (κ3) is 4.90. The Labute approximate surface area is 145 Å². The summed E-state index contributed by atoms with van der Waals surface area (Å²) in [5.74, 6) is 2.40. The maximum atomic E-state index is 11.6. The van der Waals surface area contributed by atoms with Gasteiger partial charge in [-0.05, 0) is 26.2 Å². The Morgan fingerprint density at radius 1 is 1.25 bits per heavy atom. The molecular formula is C18H31N5O. The van der Waals surface area contributed by atoms with Crippen LogP contribution in [0.4, 0.5) is 0 Å². The van der Waals surface area contributed by atoms with Crippen molar-refractivity contribution in [1.29, 1.82) is 0 Å². The van der Waals surface area contributed by atoms with E-state index in [1.807, 2.05) is 0 Å². The largest absolute Gasteiger partial charge is 0.346 e. The number of hydrogen-bond acceptors (Lipinski definition) is 4. The van der Waals surface area contributed by atoms with Gasteiger partial charge in [-0.2, -0.15) is 0 Å². The minimum atomic E-state index is -0.0624. The van der Waals surface area contributed by atoms with Gasteiger partial charge >= 0.3 is 0 Å². The molecule has 1 atom stereocenters. The lowest BCUT2D eigenvalue weighted by atomic mass is 10.0. The molecule has 1 aliphatic heterocycles. The van der Waals surface area contributed by atoms with Crippen molar-refractivity contribution in [2.24, 2.45) is 5.92 Å². The molecule has 2 heterocycles. The first-order chi connectivity index (χ1) is 11.4. The lowest BCUT2D eigenvalue weighted by Crippen LogP contribution is -2.31. The SMILES string of the molecule is CC=C(C)CN1CCc2nnc(C(CC(C)C)NC(C)=O)n2CC1. The molecule has 1 aromatic heterocycles. The summed E-state index contributed by atoms with van der Waals surface area (Å²) in [7, 11) is 0. The van der Waals surface area contributed by atoms with E-state index in [1.54, 1.807) is 6.92 Å². The van der Waals surface area contributed by atoms with Crippen LogP contribution in [0.15, 0.2) is 11.6 Å². The average molecular weight is 333 g/mol. The summed E-state index contributed by atoms with van der Waals surface area (Å²) in [4.78, 5) is 14.1. The molecule has 24 heavy (non-hydrogen) atoms. The second-order valence-electron chi connectivity index (χ2n) is 7.17. The van der Waals surface area contributed by atoms with Crippen molar-refractivity contribution >= 4 is 5.91 Å². The van der Waals surface area contributed by atoms with E-state index in [9.17, 15) is 4.79 Å². The van der Waals surface area contributed by atoms with Crippen molar-refractivity contribution < 1.29 is 4.79 Å². The molecule has 0 saturated heterocycles. The Hall–Kier alpha value is -1.69. The van der Waals surface area contributed by atoms with Gasteiger partial charge < -0.3 is 9.88 Å². The highest BCUT2D eigenvalue weighted by Gasteiger charge is 2.25. The number of hydrogen-bond donors (Lipinski definition) is 1. The summed E-state index contributed by atoms with van der Waals surface area (Å²) in [6.07, 6.45) is 3.95. The smallest absolute Gasteiger partial charge is 0.217 e. The monoisotopic (exact) mass is 333 g/mol. The van der Waals surface area contributed by atoms with Crippen LogP contribution in [0.25, 0.3) is 0 Å². The first-order valence-electron chi connectivity index (χ1n) is 8.94. The number of aromatic nitrogens is 3. The quantitative estimate of drug-likeness (QED) is 0.812. The van der Waals surface area contributed by atoms with E-state index in [2.05, 4.69) is 58.8 Å². The van der Waals surface area contributed by atoms with Crippen LogP contribution < -0.4 is 5.32 Å². The number of nitrogens with one attached hydrogen (secondary N) is 1. The zero-order valence-corrected chi connectivity index (χ0v) is 15.7. The highest BCUT2D eigenvalue weighted by Crippen LogP contribution is 2.22. The van der Waals surface area contributed by atoms with E-state index >= 15 is 0 Å². The summed E-state index contributed by atoms with van der Waals surface area (Å²) in [6, 6.07) is -0.0624. The van der Waals surface area contributed by atoms with Crippen LogP contribution in [0.5, 0.6) is 0 Å². The lowest BCUT2D eigenvalue weighted by Gasteiger charge is -2.22. The van der Waals surface area contributed by atoms with Crippen LogP contribution in [0.3, 0.4) is 0 Å². The molecule has 1 unspecified atom stereocenters. The number of carbonyl (C=O) groups excluding carboxylic acids is 1. The van der Waals surface area contributed by atoms with Crippen LogP contribution in [-0.4, -0.2) is 45.2 Å². The molecule has 2 rings (SSSR count). The van der Waals surface area contributed by atoms with Gasteiger partial charge in [-0.1, -0.05) is 25.5 Å². The second-order valence-corrected chi connectivity index (χ2v) is 7.17. The topological polar surface area (TPSA) is 63.1 Å². The average Bonchev–Trinajstić information content (AvgIpc) is 2.81. The summed E-state index contributed by atoms with van der Waals surface area (Å²) < 4.78 is 2.22. The van der Waals surface area contributed by atoms with E-state index in [0.29, 0.717) is 5.92 Å². The predicted octanol–water partition coefficient (Wildman–Crippen LogP) is 2.33. The van der Waals surface area contributed by atoms with Crippen molar-refractivity contribution in [3.8, 4) is 0 Å². The number of rotatable bonds is 6.